The number of aromatic nitrogens is 3. The molecule has 0 aliphatic carbocycles. The summed E-state index contributed by atoms with van der Waals surface area (Å²) in [6.07, 6.45) is 0.621. The average Bonchev–Trinajstić information content (AvgIpc) is 3.46. The van der Waals surface area contributed by atoms with E-state index in [2.05, 4.69) is 10.2 Å². The zero-order valence-electron chi connectivity index (χ0n) is 18.2. The third-order valence-corrected chi connectivity index (χ3v) is 6.67. The van der Waals surface area contributed by atoms with Gasteiger partial charge in [-0.05, 0) is 54.6 Å². The topological polar surface area (TPSA) is 75.5 Å². The summed E-state index contributed by atoms with van der Waals surface area (Å²) in [7, 11) is 1.59. The summed E-state index contributed by atoms with van der Waals surface area (Å²) in [6.45, 7) is 0.408. The molecule has 1 aromatic heterocycles. The molecule has 5 rings (SSSR count). The van der Waals surface area contributed by atoms with Crippen molar-refractivity contribution in [3.63, 3.8) is 0 Å². The molecule has 3 aromatic carbocycles. The zero-order chi connectivity index (χ0) is 23.5. The van der Waals surface area contributed by atoms with Crippen molar-refractivity contribution in [1.29, 1.82) is 0 Å². The van der Waals surface area contributed by atoms with E-state index < -0.39 is 0 Å². The smallest absolute Gasteiger partial charge is 0.319 e. The molecule has 0 saturated carbocycles. The minimum Gasteiger partial charge on any atom is -0.496 e. The van der Waals surface area contributed by atoms with Gasteiger partial charge < -0.3 is 14.2 Å². The molecule has 1 unspecified atom stereocenters. The average molecular weight is 494 g/mol. The summed E-state index contributed by atoms with van der Waals surface area (Å²) in [4.78, 5) is 12.1. The van der Waals surface area contributed by atoms with E-state index in [-0.39, 0.29) is 11.2 Å². The van der Waals surface area contributed by atoms with Gasteiger partial charge in [0.25, 0.3) is 0 Å². The quantitative estimate of drug-likeness (QED) is 0.301. The molecule has 0 amide bonds. The molecule has 1 aliphatic heterocycles. The summed E-state index contributed by atoms with van der Waals surface area (Å²) < 4.78 is 18.5. The highest BCUT2D eigenvalue weighted by Gasteiger charge is 2.31. The Morgan fingerprint density at radius 3 is 2.50 bits per heavy atom. The number of ether oxygens (including phenoxy) is 3. The van der Waals surface area contributed by atoms with Gasteiger partial charge in [-0.1, -0.05) is 41.6 Å². The third kappa shape index (κ3) is 4.60. The van der Waals surface area contributed by atoms with Crippen molar-refractivity contribution < 1.29 is 19.0 Å². The highest BCUT2D eigenvalue weighted by Crippen LogP contribution is 2.37. The van der Waals surface area contributed by atoms with E-state index in [1.165, 1.54) is 11.8 Å². The number of rotatable bonds is 7. The van der Waals surface area contributed by atoms with E-state index in [1.54, 1.807) is 25.3 Å². The maximum absolute atomic E-state index is 12.1. The van der Waals surface area contributed by atoms with Gasteiger partial charge in [-0.15, -0.1) is 10.2 Å². The molecule has 1 saturated heterocycles. The van der Waals surface area contributed by atoms with Gasteiger partial charge in [0.2, 0.25) is 0 Å². The number of benzene rings is 3. The lowest BCUT2D eigenvalue weighted by Gasteiger charge is -2.14. The van der Waals surface area contributed by atoms with Crippen LogP contribution in [0.3, 0.4) is 0 Å². The second kappa shape index (κ2) is 9.79. The first-order chi connectivity index (χ1) is 16.6. The van der Waals surface area contributed by atoms with Crippen LogP contribution in [-0.4, -0.2) is 39.7 Å². The first-order valence-corrected chi connectivity index (χ1v) is 11.8. The van der Waals surface area contributed by atoms with Crippen LogP contribution in [0.5, 0.6) is 17.2 Å². The molecule has 9 heteroatoms. The molecule has 7 nitrogen and oxygen atoms in total. The number of carbonyl (C=O) groups excluding carboxylic acids is 1. The standard InChI is InChI=1S/C25H20ClN3O4S/c1-31-21-12-7-16(26)15-20(21)23-27-28-25(34-22-13-14-32-24(22)30)29(23)17-8-10-19(11-9-17)33-18-5-3-2-4-6-18/h2-12,15,22H,13-14H2,1H3. The first kappa shape index (κ1) is 22.3. The van der Waals surface area contributed by atoms with Crippen molar-refractivity contribution in [2.45, 2.75) is 16.8 Å². The van der Waals surface area contributed by atoms with Crippen molar-refractivity contribution in [2.24, 2.45) is 0 Å². The highest BCUT2D eigenvalue weighted by molar-refractivity contribution is 8.00. The van der Waals surface area contributed by atoms with E-state index in [1.807, 2.05) is 59.2 Å². The molecular formula is C25H20ClN3O4S. The fourth-order valence-electron chi connectivity index (χ4n) is 3.61. The fourth-order valence-corrected chi connectivity index (χ4v) is 4.80. The minimum atomic E-state index is -0.335. The van der Waals surface area contributed by atoms with Crippen LogP contribution in [0, 0.1) is 0 Å². The number of nitrogens with zero attached hydrogens (tertiary/aromatic N) is 3. The molecule has 1 aliphatic rings. The predicted molar refractivity (Wildman–Crippen MR) is 130 cm³/mol. The van der Waals surface area contributed by atoms with Crippen LogP contribution < -0.4 is 9.47 Å². The highest BCUT2D eigenvalue weighted by atomic mass is 35.5. The zero-order valence-corrected chi connectivity index (χ0v) is 19.8. The van der Waals surface area contributed by atoms with Gasteiger partial charge in [0.1, 0.15) is 22.5 Å². The Kier molecular flexibility index (Phi) is 6.42. The van der Waals surface area contributed by atoms with Crippen molar-refractivity contribution in [2.75, 3.05) is 13.7 Å². The number of hydrogen-bond acceptors (Lipinski definition) is 7. The summed E-state index contributed by atoms with van der Waals surface area (Å²) in [5.41, 5.74) is 1.49. The van der Waals surface area contributed by atoms with Gasteiger partial charge in [0.15, 0.2) is 11.0 Å². The summed E-state index contributed by atoms with van der Waals surface area (Å²) in [5, 5.41) is 9.62. The number of halogens is 1. The van der Waals surface area contributed by atoms with Crippen molar-refractivity contribution in [3.05, 3.63) is 77.8 Å². The molecule has 0 radical (unpaired) electrons. The van der Waals surface area contributed by atoms with Crippen LogP contribution in [-0.2, 0) is 9.53 Å². The van der Waals surface area contributed by atoms with E-state index in [0.29, 0.717) is 46.1 Å². The summed E-state index contributed by atoms with van der Waals surface area (Å²) >= 11 is 7.62. The summed E-state index contributed by atoms with van der Waals surface area (Å²) in [6, 6.07) is 22.5. The minimum absolute atomic E-state index is 0.243. The molecule has 0 N–H and O–H groups in total. The van der Waals surface area contributed by atoms with E-state index in [4.69, 9.17) is 25.8 Å². The molecule has 0 spiro atoms. The normalized spacial score (nSPS) is 15.2. The Morgan fingerprint density at radius 2 is 1.79 bits per heavy atom. The lowest BCUT2D eigenvalue weighted by atomic mass is 10.2. The van der Waals surface area contributed by atoms with Crippen LogP contribution in [0.4, 0.5) is 0 Å². The van der Waals surface area contributed by atoms with Gasteiger partial charge in [-0.3, -0.25) is 9.36 Å². The molecule has 0 bridgehead atoms. The SMILES string of the molecule is COc1ccc(Cl)cc1-c1nnc(SC2CCOC2=O)n1-c1ccc(Oc2ccccc2)cc1. The number of para-hydroxylation sites is 1. The van der Waals surface area contributed by atoms with E-state index >= 15 is 0 Å². The number of esters is 1. The summed E-state index contributed by atoms with van der Waals surface area (Å²) in [5.74, 6) is 2.36. The van der Waals surface area contributed by atoms with E-state index in [0.717, 1.165) is 11.4 Å². The molecule has 4 aromatic rings. The van der Waals surface area contributed by atoms with Crippen LogP contribution in [0.1, 0.15) is 6.42 Å². The van der Waals surface area contributed by atoms with Crippen molar-refractivity contribution in [3.8, 4) is 34.3 Å². The maximum atomic E-state index is 12.1. The lowest BCUT2D eigenvalue weighted by Crippen LogP contribution is -2.11. The van der Waals surface area contributed by atoms with Gasteiger partial charge in [0, 0.05) is 11.4 Å². The molecule has 2 heterocycles. The Labute approximate surface area is 205 Å². The number of thioether (sulfide) groups is 1. The van der Waals surface area contributed by atoms with Crippen LogP contribution in [0.2, 0.25) is 5.02 Å². The molecule has 172 valence electrons. The third-order valence-electron chi connectivity index (χ3n) is 5.24. The molecule has 1 fully saturated rings. The van der Waals surface area contributed by atoms with Crippen LogP contribution in [0.25, 0.3) is 17.1 Å². The second-order valence-electron chi connectivity index (χ2n) is 7.46. The maximum Gasteiger partial charge on any atom is 0.319 e. The molecular weight excluding hydrogens is 474 g/mol. The van der Waals surface area contributed by atoms with Gasteiger partial charge in [-0.25, -0.2) is 0 Å². The first-order valence-electron chi connectivity index (χ1n) is 10.6. The van der Waals surface area contributed by atoms with Crippen LogP contribution >= 0.6 is 23.4 Å². The van der Waals surface area contributed by atoms with Crippen molar-refractivity contribution >= 4 is 29.3 Å². The number of carbonyl (C=O) groups is 1. The van der Waals surface area contributed by atoms with E-state index in [9.17, 15) is 4.79 Å². The Bertz CT molecular complexity index is 1310. The largest absolute Gasteiger partial charge is 0.496 e. The fraction of sp³-hybridized carbons (Fsp3) is 0.160. The Hall–Kier alpha value is -3.49. The van der Waals surface area contributed by atoms with Crippen LogP contribution in [0.15, 0.2) is 78.0 Å². The Balaban J connectivity index is 1.55. The lowest BCUT2D eigenvalue weighted by molar-refractivity contribution is -0.137. The van der Waals surface area contributed by atoms with Crippen molar-refractivity contribution in [1.82, 2.24) is 14.8 Å². The monoisotopic (exact) mass is 493 g/mol. The number of hydrogen-bond donors (Lipinski definition) is 0. The number of cyclic esters (lactones) is 1. The Morgan fingerprint density at radius 1 is 1.03 bits per heavy atom. The molecule has 34 heavy (non-hydrogen) atoms. The second-order valence-corrected chi connectivity index (χ2v) is 9.06. The number of methoxy groups -OCH3 is 1. The van der Waals surface area contributed by atoms with Gasteiger partial charge in [-0.2, -0.15) is 0 Å². The predicted octanol–water partition coefficient (Wildman–Crippen LogP) is 5.80. The van der Waals surface area contributed by atoms with Gasteiger partial charge in [0.05, 0.1) is 25.0 Å². The van der Waals surface area contributed by atoms with Gasteiger partial charge >= 0.3 is 5.97 Å². The molecule has 1 atom stereocenters.